The van der Waals surface area contributed by atoms with E-state index >= 15 is 0 Å². The van der Waals surface area contributed by atoms with E-state index in [4.69, 9.17) is 18.0 Å². The molecular formula is C12H15FN2S. The first-order chi connectivity index (χ1) is 7.66. The highest BCUT2D eigenvalue weighted by Crippen LogP contribution is 2.27. The minimum atomic E-state index is -0.287. The first-order valence-corrected chi connectivity index (χ1v) is 5.91. The second-order valence-corrected chi connectivity index (χ2v) is 4.68. The topological polar surface area (TPSA) is 38.0 Å². The second-order valence-electron chi connectivity index (χ2n) is 4.24. The zero-order valence-electron chi connectivity index (χ0n) is 9.00. The number of hydrogen-bond acceptors (Lipinski definition) is 2. The van der Waals surface area contributed by atoms with Gasteiger partial charge in [0, 0.05) is 12.1 Å². The van der Waals surface area contributed by atoms with Gasteiger partial charge in [0.1, 0.15) is 10.8 Å². The van der Waals surface area contributed by atoms with E-state index in [1.54, 1.807) is 12.1 Å². The van der Waals surface area contributed by atoms with E-state index in [1.807, 2.05) is 0 Å². The molecule has 2 rings (SSSR count). The molecule has 0 unspecified atom stereocenters. The predicted octanol–water partition coefficient (Wildman–Crippen LogP) is 2.67. The van der Waals surface area contributed by atoms with E-state index in [1.165, 1.54) is 25.3 Å². The SMILES string of the molecule is NC(=S)c1ccc(NCC2CCC2)c(F)c1. The van der Waals surface area contributed by atoms with Crippen LogP contribution in [0.4, 0.5) is 10.1 Å². The molecule has 0 atom stereocenters. The van der Waals surface area contributed by atoms with Crippen molar-refractivity contribution in [3.05, 3.63) is 29.6 Å². The molecule has 3 N–H and O–H groups in total. The van der Waals surface area contributed by atoms with Crippen molar-refractivity contribution in [1.29, 1.82) is 0 Å². The van der Waals surface area contributed by atoms with Gasteiger partial charge in [-0.3, -0.25) is 0 Å². The third-order valence-corrected chi connectivity index (χ3v) is 3.30. The van der Waals surface area contributed by atoms with Crippen LogP contribution in [0.5, 0.6) is 0 Å². The van der Waals surface area contributed by atoms with E-state index in [0.29, 0.717) is 17.2 Å². The molecule has 0 bridgehead atoms. The summed E-state index contributed by atoms with van der Waals surface area (Å²) in [6, 6.07) is 4.82. The van der Waals surface area contributed by atoms with Crippen molar-refractivity contribution in [3.8, 4) is 0 Å². The molecule has 86 valence electrons. The van der Waals surface area contributed by atoms with Gasteiger partial charge < -0.3 is 11.1 Å². The van der Waals surface area contributed by atoms with Crippen LogP contribution in [0.25, 0.3) is 0 Å². The van der Waals surface area contributed by atoms with Gasteiger partial charge in [-0.15, -0.1) is 0 Å². The summed E-state index contributed by atoms with van der Waals surface area (Å²) in [5.74, 6) is 0.416. The molecule has 4 heteroatoms. The molecule has 1 aromatic rings. The van der Waals surface area contributed by atoms with Gasteiger partial charge in [0.05, 0.1) is 5.69 Å². The molecule has 16 heavy (non-hydrogen) atoms. The number of halogens is 1. The summed E-state index contributed by atoms with van der Waals surface area (Å²) in [6.45, 7) is 0.851. The van der Waals surface area contributed by atoms with Crippen molar-refractivity contribution < 1.29 is 4.39 Å². The number of hydrogen-bond donors (Lipinski definition) is 2. The van der Waals surface area contributed by atoms with Crippen LogP contribution >= 0.6 is 12.2 Å². The molecule has 0 spiro atoms. The van der Waals surface area contributed by atoms with Crippen molar-refractivity contribution in [1.82, 2.24) is 0 Å². The van der Waals surface area contributed by atoms with Gasteiger partial charge in [0.15, 0.2) is 0 Å². The zero-order valence-corrected chi connectivity index (χ0v) is 9.82. The van der Waals surface area contributed by atoms with E-state index < -0.39 is 0 Å². The van der Waals surface area contributed by atoms with Gasteiger partial charge in [-0.2, -0.15) is 0 Å². The molecule has 0 heterocycles. The summed E-state index contributed by atoms with van der Waals surface area (Å²) in [6.07, 6.45) is 3.80. The maximum absolute atomic E-state index is 13.6. The lowest BCUT2D eigenvalue weighted by molar-refractivity contribution is 0.333. The van der Waals surface area contributed by atoms with Crippen molar-refractivity contribution in [3.63, 3.8) is 0 Å². The fourth-order valence-electron chi connectivity index (χ4n) is 1.76. The van der Waals surface area contributed by atoms with Gasteiger partial charge in [0.25, 0.3) is 0 Å². The summed E-state index contributed by atoms with van der Waals surface area (Å²) in [4.78, 5) is 0.226. The molecule has 1 aliphatic rings. The maximum Gasteiger partial charge on any atom is 0.146 e. The third kappa shape index (κ3) is 2.50. The quantitative estimate of drug-likeness (QED) is 0.792. The van der Waals surface area contributed by atoms with E-state index in [9.17, 15) is 4.39 Å². The Morgan fingerprint density at radius 3 is 2.75 bits per heavy atom. The summed E-state index contributed by atoms with van der Waals surface area (Å²) < 4.78 is 13.6. The highest BCUT2D eigenvalue weighted by molar-refractivity contribution is 7.80. The average Bonchev–Trinajstić information content (AvgIpc) is 2.17. The number of benzene rings is 1. The monoisotopic (exact) mass is 238 g/mol. The molecule has 0 saturated heterocycles. The molecule has 0 radical (unpaired) electrons. The molecule has 1 aromatic carbocycles. The summed E-state index contributed by atoms with van der Waals surface area (Å²) in [7, 11) is 0. The van der Waals surface area contributed by atoms with Crippen molar-refractivity contribution >= 4 is 22.9 Å². The Hall–Kier alpha value is -1.16. The average molecular weight is 238 g/mol. The number of anilines is 1. The van der Waals surface area contributed by atoms with Crippen LogP contribution in [0.2, 0.25) is 0 Å². The smallest absolute Gasteiger partial charge is 0.146 e. The Labute approximate surface area is 100 Å². The van der Waals surface area contributed by atoms with Crippen LogP contribution in [0, 0.1) is 11.7 Å². The molecule has 1 aliphatic carbocycles. The molecule has 1 fully saturated rings. The predicted molar refractivity (Wildman–Crippen MR) is 68.1 cm³/mol. The highest BCUT2D eigenvalue weighted by atomic mass is 32.1. The van der Waals surface area contributed by atoms with Crippen molar-refractivity contribution in [2.24, 2.45) is 11.7 Å². The van der Waals surface area contributed by atoms with Crippen LogP contribution < -0.4 is 11.1 Å². The molecule has 0 aliphatic heterocycles. The lowest BCUT2D eigenvalue weighted by atomic mass is 9.85. The highest BCUT2D eigenvalue weighted by Gasteiger charge is 2.17. The normalized spacial score (nSPS) is 15.6. The number of thiocarbonyl (C=S) groups is 1. The fraction of sp³-hybridized carbons (Fsp3) is 0.417. The van der Waals surface area contributed by atoms with E-state index in [2.05, 4.69) is 5.32 Å². The third-order valence-electron chi connectivity index (χ3n) is 3.06. The van der Waals surface area contributed by atoms with Gasteiger partial charge in [-0.1, -0.05) is 18.6 Å². The first-order valence-electron chi connectivity index (χ1n) is 5.50. The number of nitrogens with two attached hydrogens (primary N) is 1. The van der Waals surface area contributed by atoms with Gasteiger partial charge in [-0.05, 0) is 37.0 Å². The van der Waals surface area contributed by atoms with Gasteiger partial charge >= 0.3 is 0 Å². The van der Waals surface area contributed by atoms with Crippen LogP contribution in [0.15, 0.2) is 18.2 Å². The molecule has 1 saturated carbocycles. The van der Waals surface area contributed by atoms with Gasteiger partial charge in [-0.25, -0.2) is 4.39 Å². The first kappa shape index (κ1) is 11.3. The van der Waals surface area contributed by atoms with Crippen molar-refractivity contribution in [2.45, 2.75) is 19.3 Å². The van der Waals surface area contributed by atoms with E-state index in [-0.39, 0.29) is 10.8 Å². The largest absolute Gasteiger partial charge is 0.389 e. The Morgan fingerprint density at radius 2 is 2.25 bits per heavy atom. The van der Waals surface area contributed by atoms with Crippen LogP contribution in [-0.2, 0) is 0 Å². The zero-order chi connectivity index (χ0) is 11.5. The molecule has 2 nitrogen and oxygen atoms in total. The Morgan fingerprint density at radius 1 is 1.50 bits per heavy atom. The minimum Gasteiger partial charge on any atom is -0.389 e. The second kappa shape index (κ2) is 4.78. The standard InChI is InChI=1S/C12H15FN2S/c13-10-6-9(12(14)16)4-5-11(10)15-7-8-2-1-3-8/h4-6,8,15H,1-3,7H2,(H2,14,16). The van der Waals surface area contributed by atoms with Crippen molar-refractivity contribution in [2.75, 3.05) is 11.9 Å². The van der Waals surface area contributed by atoms with Crippen LogP contribution in [0.3, 0.4) is 0 Å². The van der Waals surface area contributed by atoms with Crippen LogP contribution in [-0.4, -0.2) is 11.5 Å². The molecule has 0 aromatic heterocycles. The lowest BCUT2D eigenvalue weighted by Gasteiger charge is -2.26. The van der Waals surface area contributed by atoms with E-state index in [0.717, 1.165) is 6.54 Å². The minimum absolute atomic E-state index is 0.226. The maximum atomic E-state index is 13.6. The summed E-state index contributed by atoms with van der Waals surface area (Å²) in [5, 5.41) is 3.12. The van der Waals surface area contributed by atoms with Crippen LogP contribution in [0.1, 0.15) is 24.8 Å². The Bertz CT molecular complexity index is 402. The molecule has 0 amide bonds. The summed E-state index contributed by atoms with van der Waals surface area (Å²) >= 11 is 4.79. The number of nitrogens with one attached hydrogen (secondary N) is 1. The Balaban J connectivity index is 2.00. The van der Waals surface area contributed by atoms with Gasteiger partial charge in [0.2, 0.25) is 0 Å². The Kier molecular flexibility index (Phi) is 3.39. The molecular weight excluding hydrogens is 223 g/mol. The lowest BCUT2D eigenvalue weighted by Crippen LogP contribution is -2.21. The fourth-order valence-corrected chi connectivity index (χ4v) is 1.89. The number of rotatable bonds is 4. The summed E-state index contributed by atoms with van der Waals surface area (Å²) in [5.41, 5.74) is 6.54.